The number of anilines is 1. The zero-order chi connectivity index (χ0) is 20.4. The molecule has 1 saturated heterocycles. The van der Waals surface area contributed by atoms with Crippen molar-refractivity contribution in [3.63, 3.8) is 0 Å². The first-order valence-electron chi connectivity index (χ1n) is 9.86. The minimum Gasteiger partial charge on any atom is -0.325 e. The van der Waals surface area contributed by atoms with Crippen molar-refractivity contribution in [2.45, 2.75) is 45.6 Å². The predicted molar refractivity (Wildman–Crippen MR) is 116 cm³/mol. The summed E-state index contributed by atoms with van der Waals surface area (Å²) < 4.78 is 14.8. The first-order valence-corrected chi connectivity index (χ1v) is 10.7. The summed E-state index contributed by atoms with van der Waals surface area (Å²) in [6, 6.07) is 13.2. The van der Waals surface area contributed by atoms with Crippen LogP contribution in [-0.4, -0.2) is 29.9 Å². The molecular weight excluding hydrogens is 419 g/mol. The molecule has 1 fully saturated rings. The van der Waals surface area contributed by atoms with Gasteiger partial charge >= 0.3 is 0 Å². The van der Waals surface area contributed by atoms with Gasteiger partial charge in [0.25, 0.3) is 0 Å². The van der Waals surface area contributed by atoms with E-state index in [1.807, 2.05) is 26.0 Å². The van der Waals surface area contributed by atoms with Crippen LogP contribution < -0.4 is 5.32 Å². The lowest BCUT2D eigenvalue weighted by atomic mass is 9.88. The summed E-state index contributed by atoms with van der Waals surface area (Å²) in [4.78, 5) is 15.6. The highest BCUT2D eigenvalue weighted by atomic mass is 79.9. The van der Waals surface area contributed by atoms with Crippen LogP contribution in [0.1, 0.15) is 50.7 Å². The maximum atomic E-state index is 13.8. The van der Waals surface area contributed by atoms with Gasteiger partial charge in [0.05, 0.1) is 5.92 Å². The SMILES string of the molecule is CC(C)c1ccc(F)cc1NC(=O)C1CN(C(C)C)CC1c1ccc(Br)cc1. The van der Waals surface area contributed by atoms with Gasteiger partial charge in [-0.3, -0.25) is 9.69 Å². The third kappa shape index (κ3) is 4.64. The molecule has 1 N–H and O–H groups in total. The van der Waals surface area contributed by atoms with Crippen LogP contribution in [0.3, 0.4) is 0 Å². The summed E-state index contributed by atoms with van der Waals surface area (Å²) in [6.07, 6.45) is 0. The number of hydrogen-bond acceptors (Lipinski definition) is 2. The van der Waals surface area contributed by atoms with Gasteiger partial charge in [-0.25, -0.2) is 4.39 Å². The molecule has 3 nitrogen and oxygen atoms in total. The van der Waals surface area contributed by atoms with Gasteiger partial charge in [0.2, 0.25) is 5.91 Å². The molecule has 1 heterocycles. The zero-order valence-electron chi connectivity index (χ0n) is 16.9. The highest BCUT2D eigenvalue weighted by Gasteiger charge is 2.39. The van der Waals surface area contributed by atoms with Crippen LogP contribution in [0.2, 0.25) is 0 Å². The molecule has 3 rings (SSSR count). The fourth-order valence-corrected chi connectivity index (χ4v) is 4.20. The first-order chi connectivity index (χ1) is 13.3. The lowest BCUT2D eigenvalue weighted by Crippen LogP contribution is -2.31. The molecule has 5 heteroatoms. The number of nitrogens with one attached hydrogen (secondary N) is 1. The Balaban J connectivity index is 1.88. The maximum Gasteiger partial charge on any atom is 0.229 e. The second-order valence-electron chi connectivity index (χ2n) is 8.19. The van der Waals surface area contributed by atoms with Gasteiger partial charge in [-0.05, 0) is 55.2 Å². The molecule has 2 aromatic carbocycles. The van der Waals surface area contributed by atoms with Crippen molar-refractivity contribution in [2.24, 2.45) is 5.92 Å². The van der Waals surface area contributed by atoms with Gasteiger partial charge in [-0.1, -0.05) is 48.0 Å². The average molecular weight is 447 g/mol. The van der Waals surface area contributed by atoms with Gasteiger partial charge in [0.1, 0.15) is 5.82 Å². The van der Waals surface area contributed by atoms with Crippen molar-refractivity contribution in [3.8, 4) is 0 Å². The minimum absolute atomic E-state index is 0.0384. The van der Waals surface area contributed by atoms with Crippen molar-refractivity contribution in [1.82, 2.24) is 4.90 Å². The molecule has 2 aromatic rings. The monoisotopic (exact) mass is 446 g/mol. The molecular formula is C23H28BrFN2O. The molecule has 1 aliphatic heterocycles. The van der Waals surface area contributed by atoms with E-state index in [-0.39, 0.29) is 29.5 Å². The van der Waals surface area contributed by atoms with Crippen molar-refractivity contribution < 1.29 is 9.18 Å². The fourth-order valence-electron chi connectivity index (χ4n) is 3.93. The Labute approximate surface area is 175 Å². The number of carbonyl (C=O) groups is 1. The van der Waals surface area contributed by atoms with E-state index in [1.54, 1.807) is 6.07 Å². The summed E-state index contributed by atoms with van der Waals surface area (Å²) in [5.74, 6) is -0.227. The van der Waals surface area contributed by atoms with E-state index in [0.29, 0.717) is 18.3 Å². The van der Waals surface area contributed by atoms with E-state index in [1.165, 1.54) is 12.1 Å². The van der Waals surface area contributed by atoms with Gasteiger partial charge in [-0.2, -0.15) is 0 Å². The Morgan fingerprint density at radius 2 is 1.79 bits per heavy atom. The summed E-state index contributed by atoms with van der Waals surface area (Å²) in [5.41, 5.74) is 2.70. The van der Waals surface area contributed by atoms with Crippen LogP contribution in [0.15, 0.2) is 46.9 Å². The third-order valence-electron chi connectivity index (χ3n) is 5.61. The maximum absolute atomic E-state index is 13.8. The Morgan fingerprint density at radius 1 is 1.11 bits per heavy atom. The molecule has 0 saturated carbocycles. The van der Waals surface area contributed by atoms with Gasteiger partial charge < -0.3 is 5.32 Å². The summed E-state index contributed by atoms with van der Waals surface area (Å²) in [6.45, 7) is 9.95. The lowest BCUT2D eigenvalue weighted by Gasteiger charge is -2.20. The number of rotatable bonds is 5. The van der Waals surface area contributed by atoms with Crippen LogP contribution in [0, 0.1) is 11.7 Å². The average Bonchev–Trinajstić information content (AvgIpc) is 3.08. The van der Waals surface area contributed by atoms with Gasteiger partial charge in [-0.15, -0.1) is 0 Å². The molecule has 1 amide bonds. The molecule has 2 atom stereocenters. The number of nitrogens with zero attached hydrogens (tertiary/aromatic N) is 1. The van der Waals surface area contributed by atoms with E-state index in [2.05, 4.69) is 52.1 Å². The second kappa shape index (κ2) is 8.75. The number of halogens is 2. The van der Waals surface area contributed by atoms with Crippen LogP contribution in [0.25, 0.3) is 0 Å². The summed E-state index contributed by atoms with van der Waals surface area (Å²) in [7, 11) is 0. The zero-order valence-corrected chi connectivity index (χ0v) is 18.5. The third-order valence-corrected chi connectivity index (χ3v) is 6.14. The number of amides is 1. The fraction of sp³-hybridized carbons (Fsp3) is 0.435. The topological polar surface area (TPSA) is 32.3 Å². The Hall–Kier alpha value is -1.72. The van der Waals surface area contributed by atoms with Gasteiger partial charge in [0, 0.05) is 35.2 Å². The summed E-state index contributed by atoms with van der Waals surface area (Å²) in [5, 5.41) is 3.03. The molecule has 0 spiro atoms. The minimum atomic E-state index is -0.334. The second-order valence-corrected chi connectivity index (χ2v) is 9.10. The molecule has 0 aliphatic carbocycles. The van der Waals surface area contributed by atoms with Crippen LogP contribution in [0.4, 0.5) is 10.1 Å². The van der Waals surface area contributed by atoms with Crippen molar-refractivity contribution in [2.75, 3.05) is 18.4 Å². The highest BCUT2D eigenvalue weighted by molar-refractivity contribution is 9.10. The van der Waals surface area contributed by atoms with E-state index < -0.39 is 0 Å². The van der Waals surface area contributed by atoms with E-state index in [4.69, 9.17) is 0 Å². The largest absolute Gasteiger partial charge is 0.325 e. The predicted octanol–water partition coefficient (Wildman–Crippen LogP) is 5.77. The number of likely N-dealkylation sites (tertiary alicyclic amines) is 1. The Bertz CT molecular complexity index is 835. The quantitative estimate of drug-likeness (QED) is 0.631. The first kappa shape index (κ1) is 21.0. The number of benzene rings is 2. The van der Waals surface area contributed by atoms with Crippen molar-refractivity contribution in [1.29, 1.82) is 0 Å². The molecule has 1 aliphatic rings. The van der Waals surface area contributed by atoms with E-state index in [9.17, 15) is 9.18 Å². The van der Waals surface area contributed by atoms with Crippen LogP contribution in [-0.2, 0) is 4.79 Å². The molecule has 28 heavy (non-hydrogen) atoms. The van der Waals surface area contributed by atoms with Crippen LogP contribution in [0.5, 0.6) is 0 Å². The molecule has 150 valence electrons. The standard InChI is InChI=1S/C23H28BrFN2O/c1-14(2)19-10-9-18(25)11-22(19)26-23(28)21-13-27(15(3)4)12-20(21)16-5-7-17(24)8-6-16/h5-11,14-15,20-21H,12-13H2,1-4H3,(H,26,28). The smallest absolute Gasteiger partial charge is 0.229 e. The summed E-state index contributed by atoms with van der Waals surface area (Å²) >= 11 is 3.48. The Morgan fingerprint density at radius 3 is 2.39 bits per heavy atom. The number of hydrogen-bond donors (Lipinski definition) is 1. The number of carbonyl (C=O) groups excluding carboxylic acids is 1. The van der Waals surface area contributed by atoms with E-state index >= 15 is 0 Å². The van der Waals surface area contributed by atoms with Crippen LogP contribution >= 0.6 is 15.9 Å². The molecule has 0 aromatic heterocycles. The van der Waals surface area contributed by atoms with Crippen molar-refractivity contribution >= 4 is 27.5 Å². The lowest BCUT2D eigenvalue weighted by molar-refractivity contribution is -0.119. The highest BCUT2D eigenvalue weighted by Crippen LogP contribution is 2.36. The normalized spacial score (nSPS) is 20.1. The van der Waals surface area contributed by atoms with Crippen molar-refractivity contribution in [3.05, 3.63) is 63.9 Å². The van der Waals surface area contributed by atoms with E-state index in [0.717, 1.165) is 22.1 Å². The molecule has 2 unspecified atom stereocenters. The molecule has 0 bridgehead atoms. The van der Waals surface area contributed by atoms with Gasteiger partial charge in [0.15, 0.2) is 0 Å². The Kier molecular flexibility index (Phi) is 6.56. The molecule has 0 radical (unpaired) electrons.